The van der Waals surface area contributed by atoms with Crippen LogP contribution in [0.15, 0.2) is 48.5 Å². The number of nitrogens with one attached hydrogen (secondary N) is 2. The van der Waals surface area contributed by atoms with Crippen molar-refractivity contribution in [1.82, 2.24) is 10.6 Å². The zero-order valence-electron chi connectivity index (χ0n) is 17.0. The standard InChI is InChI=1S/C21H24F3N3O4/c1-13(15-8-9-17(18(11-15)30-2)31-12-21(22,23)24)26-19(28)16(27-20(25)29)10-14-6-4-3-5-7-14/h3-9,11,13,16H,10,12H2,1-2H3,(H,26,28)(H3,25,27,29). The van der Waals surface area contributed by atoms with E-state index in [4.69, 9.17) is 15.2 Å². The Morgan fingerprint density at radius 1 is 1.06 bits per heavy atom. The number of halogens is 3. The maximum absolute atomic E-state index is 12.7. The largest absolute Gasteiger partial charge is 0.493 e. The van der Waals surface area contributed by atoms with E-state index < -0.39 is 36.8 Å². The normalized spacial score (nSPS) is 13.1. The number of amides is 3. The number of methoxy groups -OCH3 is 1. The maximum atomic E-state index is 12.7. The first-order chi connectivity index (χ1) is 14.6. The number of nitrogens with two attached hydrogens (primary N) is 1. The molecule has 31 heavy (non-hydrogen) atoms. The van der Waals surface area contributed by atoms with Crippen LogP contribution in [-0.4, -0.2) is 37.9 Å². The highest BCUT2D eigenvalue weighted by Gasteiger charge is 2.29. The van der Waals surface area contributed by atoms with Gasteiger partial charge >= 0.3 is 12.2 Å². The van der Waals surface area contributed by atoms with Crippen LogP contribution in [0, 0.1) is 0 Å². The van der Waals surface area contributed by atoms with E-state index in [9.17, 15) is 22.8 Å². The highest BCUT2D eigenvalue weighted by atomic mass is 19.4. The van der Waals surface area contributed by atoms with Gasteiger partial charge in [-0.2, -0.15) is 13.2 Å². The Morgan fingerprint density at radius 2 is 1.74 bits per heavy atom. The lowest BCUT2D eigenvalue weighted by Gasteiger charge is -2.22. The molecule has 2 aromatic rings. The summed E-state index contributed by atoms with van der Waals surface area (Å²) in [5.41, 5.74) is 6.60. The topological polar surface area (TPSA) is 103 Å². The lowest BCUT2D eigenvalue weighted by atomic mass is 10.0. The third kappa shape index (κ3) is 7.72. The average molecular weight is 439 g/mol. The van der Waals surface area contributed by atoms with Crippen LogP contribution in [0.2, 0.25) is 0 Å². The van der Waals surface area contributed by atoms with Gasteiger partial charge in [0, 0.05) is 6.42 Å². The average Bonchev–Trinajstić information content (AvgIpc) is 2.71. The van der Waals surface area contributed by atoms with E-state index in [2.05, 4.69) is 10.6 Å². The molecule has 2 unspecified atom stereocenters. The SMILES string of the molecule is COc1cc(C(C)NC(=O)C(Cc2ccccc2)NC(N)=O)ccc1OCC(F)(F)F. The molecule has 0 saturated carbocycles. The van der Waals surface area contributed by atoms with Crippen LogP contribution in [0.5, 0.6) is 11.5 Å². The first kappa shape index (κ1) is 23.8. The third-order valence-electron chi connectivity index (χ3n) is 4.35. The molecular weight excluding hydrogens is 415 g/mol. The van der Waals surface area contributed by atoms with Gasteiger partial charge in [0.15, 0.2) is 18.1 Å². The number of primary amides is 1. The fourth-order valence-corrected chi connectivity index (χ4v) is 2.86. The quantitative estimate of drug-likeness (QED) is 0.559. The molecule has 2 aromatic carbocycles. The van der Waals surface area contributed by atoms with Gasteiger partial charge in [0.1, 0.15) is 6.04 Å². The van der Waals surface area contributed by atoms with E-state index in [1.165, 1.54) is 25.3 Å². The number of urea groups is 1. The number of carbonyl (C=O) groups is 2. The van der Waals surface area contributed by atoms with E-state index in [0.717, 1.165) is 5.56 Å². The number of hydrogen-bond donors (Lipinski definition) is 3. The molecule has 2 rings (SSSR count). The Balaban J connectivity index is 2.11. The first-order valence-corrected chi connectivity index (χ1v) is 9.37. The Kier molecular flexibility index (Phi) is 8.12. The molecule has 0 bridgehead atoms. The summed E-state index contributed by atoms with van der Waals surface area (Å²) in [6.45, 7) is 0.238. The lowest BCUT2D eigenvalue weighted by Crippen LogP contribution is -2.50. The summed E-state index contributed by atoms with van der Waals surface area (Å²) in [6, 6.07) is 11.1. The van der Waals surface area contributed by atoms with E-state index in [0.29, 0.717) is 5.56 Å². The van der Waals surface area contributed by atoms with Crippen molar-refractivity contribution >= 4 is 11.9 Å². The van der Waals surface area contributed by atoms with Crippen LogP contribution in [-0.2, 0) is 11.2 Å². The molecule has 0 heterocycles. The third-order valence-corrected chi connectivity index (χ3v) is 4.35. The Morgan fingerprint density at radius 3 is 2.32 bits per heavy atom. The molecule has 168 valence electrons. The van der Waals surface area contributed by atoms with Gasteiger partial charge < -0.3 is 25.8 Å². The summed E-state index contributed by atoms with van der Waals surface area (Å²) in [4.78, 5) is 24.1. The first-order valence-electron chi connectivity index (χ1n) is 9.37. The van der Waals surface area contributed by atoms with Crippen molar-refractivity contribution in [1.29, 1.82) is 0 Å². The minimum Gasteiger partial charge on any atom is -0.493 e. The second-order valence-corrected chi connectivity index (χ2v) is 6.80. The molecular formula is C21H24F3N3O4. The number of carbonyl (C=O) groups excluding carboxylic acids is 2. The number of alkyl halides is 3. The smallest absolute Gasteiger partial charge is 0.422 e. The van der Waals surface area contributed by atoms with Crippen LogP contribution in [0.25, 0.3) is 0 Å². The van der Waals surface area contributed by atoms with E-state index in [1.807, 2.05) is 30.3 Å². The van der Waals surface area contributed by atoms with Crippen molar-refractivity contribution in [2.75, 3.05) is 13.7 Å². The van der Waals surface area contributed by atoms with Gasteiger partial charge in [-0.3, -0.25) is 4.79 Å². The summed E-state index contributed by atoms with van der Waals surface area (Å²) < 4.78 is 47.1. The van der Waals surface area contributed by atoms with Crippen molar-refractivity contribution in [2.45, 2.75) is 31.6 Å². The Hall–Kier alpha value is -3.43. The van der Waals surface area contributed by atoms with E-state index in [-0.39, 0.29) is 17.9 Å². The van der Waals surface area contributed by atoms with Gasteiger partial charge in [0.05, 0.1) is 13.2 Å². The number of ether oxygens (including phenoxy) is 2. The molecule has 0 aliphatic rings. The summed E-state index contributed by atoms with van der Waals surface area (Å²) in [5.74, 6) is -0.440. The second-order valence-electron chi connectivity index (χ2n) is 6.80. The highest BCUT2D eigenvalue weighted by Crippen LogP contribution is 2.31. The molecule has 0 aliphatic carbocycles. The van der Waals surface area contributed by atoms with Crippen LogP contribution in [0.1, 0.15) is 24.1 Å². The number of rotatable bonds is 9. The maximum Gasteiger partial charge on any atom is 0.422 e. The fourth-order valence-electron chi connectivity index (χ4n) is 2.86. The molecule has 0 radical (unpaired) electrons. The molecule has 4 N–H and O–H groups in total. The summed E-state index contributed by atoms with van der Waals surface area (Å²) in [6.07, 6.45) is -4.25. The number of benzene rings is 2. The van der Waals surface area contributed by atoms with Crippen LogP contribution < -0.4 is 25.8 Å². The highest BCUT2D eigenvalue weighted by molar-refractivity contribution is 5.87. The van der Waals surface area contributed by atoms with E-state index in [1.54, 1.807) is 6.92 Å². The van der Waals surface area contributed by atoms with Crippen molar-refractivity contribution < 1.29 is 32.2 Å². The molecule has 0 aromatic heterocycles. The van der Waals surface area contributed by atoms with Gasteiger partial charge in [0.2, 0.25) is 5.91 Å². The predicted molar refractivity (Wildman–Crippen MR) is 108 cm³/mol. The predicted octanol–water partition coefficient (Wildman–Crippen LogP) is 3.09. The summed E-state index contributed by atoms with van der Waals surface area (Å²) >= 11 is 0. The monoisotopic (exact) mass is 439 g/mol. The minimum atomic E-state index is -4.48. The Bertz CT molecular complexity index is 891. The molecule has 0 spiro atoms. The van der Waals surface area contributed by atoms with Crippen LogP contribution in [0.4, 0.5) is 18.0 Å². The second kappa shape index (κ2) is 10.6. The van der Waals surface area contributed by atoms with Gasteiger partial charge in [-0.05, 0) is 30.2 Å². The molecule has 7 nitrogen and oxygen atoms in total. The molecule has 0 aliphatic heterocycles. The van der Waals surface area contributed by atoms with Crippen LogP contribution >= 0.6 is 0 Å². The van der Waals surface area contributed by atoms with Gasteiger partial charge in [-0.15, -0.1) is 0 Å². The Labute approximate surface area is 177 Å². The van der Waals surface area contributed by atoms with Gasteiger partial charge in [0.25, 0.3) is 0 Å². The van der Waals surface area contributed by atoms with Crippen molar-refractivity contribution in [3.05, 3.63) is 59.7 Å². The van der Waals surface area contributed by atoms with Crippen LogP contribution in [0.3, 0.4) is 0 Å². The summed E-state index contributed by atoms with van der Waals surface area (Å²) in [7, 11) is 1.30. The molecule has 3 amide bonds. The van der Waals surface area contributed by atoms with Crippen molar-refractivity contribution in [3.63, 3.8) is 0 Å². The molecule has 10 heteroatoms. The molecule has 2 atom stereocenters. The van der Waals surface area contributed by atoms with Gasteiger partial charge in [-0.1, -0.05) is 36.4 Å². The van der Waals surface area contributed by atoms with Crippen molar-refractivity contribution in [2.24, 2.45) is 5.73 Å². The minimum absolute atomic E-state index is 0.0700. The fraction of sp³-hybridized carbons (Fsp3) is 0.333. The lowest BCUT2D eigenvalue weighted by molar-refractivity contribution is -0.153. The molecule has 0 saturated heterocycles. The molecule has 0 fully saturated rings. The zero-order chi connectivity index (χ0) is 23.0. The van der Waals surface area contributed by atoms with E-state index >= 15 is 0 Å². The van der Waals surface area contributed by atoms with Crippen molar-refractivity contribution in [3.8, 4) is 11.5 Å². The number of hydrogen-bond acceptors (Lipinski definition) is 4. The summed E-state index contributed by atoms with van der Waals surface area (Å²) in [5, 5.41) is 5.19. The zero-order valence-corrected chi connectivity index (χ0v) is 17.0. The van der Waals surface area contributed by atoms with Gasteiger partial charge in [-0.25, -0.2) is 4.79 Å².